The van der Waals surface area contributed by atoms with Crippen molar-refractivity contribution in [1.29, 1.82) is 0 Å². The van der Waals surface area contributed by atoms with E-state index in [4.69, 9.17) is 14.2 Å². The molecule has 5 nitrogen and oxygen atoms in total. The Kier molecular flexibility index (Phi) is 4.98. The van der Waals surface area contributed by atoms with Gasteiger partial charge in [-0.1, -0.05) is 47.3 Å². The molecule has 0 aliphatic heterocycles. The number of allylic oxidation sites excluding steroid dienone is 1. The fourth-order valence-corrected chi connectivity index (χ4v) is 3.87. The maximum Gasteiger partial charge on any atom is 0.169 e. The number of para-hydroxylation sites is 3. The molecule has 0 spiro atoms. The third-order valence-corrected chi connectivity index (χ3v) is 5.22. The first-order valence-corrected chi connectivity index (χ1v) is 9.56. The smallest absolute Gasteiger partial charge is 0.169 e. The van der Waals surface area contributed by atoms with E-state index in [9.17, 15) is 0 Å². The first kappa shape index (κ1) is 17.4. The van der Waals surface area contributed by atoms with Crippen LogP contribution in [0.4, 0.5) is 0 Å². The van der Waals surface area contributed by atoms with Crippen molar-refractivity contribution >= 4 is 22.8 Å². The summed E-state index contributed by atoms with van der Waals surface area (Å²) in [6.07, 6.45) is 1.88. The number of rotatable bonds is 7. The number of benzene rings is 2. The van der Waals surface area contributed by atoms with E-state index in [0.29, 0.717) is 12.3 Å². The van der Waals surface area contributed by atoms with Gasteiger partial charge in [-0.25, -0.2) is 4.98 Å². The Morgan fingerprint density at radius 3 is 2.85 bits per heavy atom. The maximum atomic E-state index is 5.53. The SMILES string of the molecule is C=CCn1c(SCc2cc(-c3ccccc3OC)no2)nc2ccccc21. The fourth-order valence-electron chi connectivity index (χ4n) is 2.97. The van der Waals surface area contributed by atoms with Crippen LogP contribution in [0.25, 0.3) is 22.3 Å². The van der Waals surface area contributed by atoms with Gasteiger partial charge in [-0.3, -0.25) is 0 Å². The van der Waals surface area contributed by atoms with Crippen LogP contribution in [0, 0.1) is 0 Å². The Morgan fingerprint density at radius 2 is 2.00 bits per heavy atom. The van der Waals surface area contributed by atoms with E-state index in [1.807, 2.05) is 54.6 Å². The minimum Gasteiger partial charge on any atom is -0.496 e. The highest BCUT2D eigenvalue weighted by molar-refractivity contribution is 7.98. The van der Waals surface area contributed by atoms with E-state index < -0.39 is 0 Å². The summed E-state index contributed by atoms with van der Waals surface area (Å²) in [4.78, 5) is 4.73. The summed E-state index contributed by atoms with van der Waals surface area (Å²) >= 11 is 1.62. The Bertz CT molecular complexity index is 1080. The van der Waals surface area contributed by atoms with E-state index in [1.54, 1.807) is 18.9 Å². The highest BCUT2D eigenvalue weighted by Gasteiger charge is 2.14. The lowest BCUT2D eigenvalue weighted by atomic mass is 10.1. The van der Waals surface area contributed by atoms with Crippen LogP contribution >= 0.6 is 11.8 Å². The predicted octanol–water partition coefficient (Wildman–Crippen LogP) is 5.18. The topological polar surface area (TPSA) is 53.1 Å². The summed E-state index contributed by atoms with van der Waals surface area (Å²) in [5.41, 5.74) is 3.77. The molecule has 0 atom stereocenters. The van der Waals surface area contributed by atoms with Crippen LogP contribution in [-0.4, -0.2) is 21.8 Å². The molecule has 0 unspecified atom stereocenters. The molecule has 2 aromatic carbocycles. The minimum atomic E-state index is 0.641. The average molecular weight is 377 g/mol. The summed E-state index contributed by atoms with van der Waals surface area (Å²) in [5, 5.41) is 5.13. The van der Waals surface area contributed by atoms with Gasteiger partial charge in [0.15, 0.2) is 5.16 Å². The normalized spacial score (nSPS) is 11.0. The predicted molar refractivity (Wildman–Crippen MR) is 108 cm³/mol. The van der Waals surface area contributed by atoms with Gasteiger partial charge in [0.1, 0.15) is 17.2 Å². The number of aromatic nitrogens is 3. The second-order valence-corrected chi connectivity index (χ2v) is 6.89. The number of hydrogen-bond acceptors (Lipinski definition) is 5. The number of imidazole rings is 1. The van der Waals surface area contributed by atoms with Crippen LogP contribution < -0.4 is 4.74 Å². The first-order chi connectivity index (χ1) is 13.3. The summed E-state index contributed by atoms with van der Waals surface area (Å²) in [6, 6.07) is 17.8. The van der Waals surface area contributed by atoms with Gasteiger partial charge in [-0.05, 0) is 24.3 Å². The van der Waals surface area contributed by atoms with Gasteiger partial charge >= 0.3 is 0 Å². The Hall–Kier alpha value is -2.99. The average Bonchev–Trinajstić information content (AvgIpc) is 3.32. The zero-order valence-corrected chi connectivity index (χ0v) is 15.8. The molecule has 2 aromatic heterocycles. The van der Waals surface area contributed by atoms with E-state index in [1.165, 1.54) is 0 Å². The van der Waals surface area contributed by atoms with Crippen molar-refractivity contribution in [2.45, 2.75) is 17.5 Å². The third-order valence-electron chi connectivity index (χ3n) is 4.22. The standard InChI is InChI=1S/C21H19N3O2S/c1-3-12-24-19-10-6-5-9-17(19)22-21(24)27-14-15-13-18(23-26-15)16-8-4-7-11-20(16)25-2/h3-11,13H,1,12,14H2,2H3. The molecule has 136 valence electrons. The second kappa shape index (κ2) is 7.72. The van der Waals surface area contributed by atoms with Crippen molar-refractivity contribution in [3.63, 3.8) is 0 Å². The molecule has 6 heteroatoms. The van der Waals surface area contributed by atoms with E-state index >= 15 is 0 Å². The zero-order valence-electron chi connectivity index (χ0n) is 15.0. The van der Waals surface area contributed by atoms with E-state index in [0.717, 1.165) is 39.0 Å². The Morgan fingerprint density at radius 1 is 1.19 bits per heavy atom. The number of fused-ring (bicyclic) bond motifs is 1. The van der Waals surface area contributed by atoms with Crippen molar-refractivity contribution in [2.75, 3.05) is 7.11 Å². The van der Waals surface area contributed by atoms with Crippen LogP contribution in [0.2, 0.25) is 0 Å². The van der Waals surface area contributed by atoms with Gasteiger partial charge in [0, 0.05) is 18.2 Å². The molecule has 0 radical (unpaired) electrons. The number of ether oxygens (including phenoxy) is 1. The monoisotopic (exact) mass is 377 g/mol. The lowest BCUT2D eigenvalue weighted by Crippen LogP contribution is -1.97. The van der Waals surface area contributed by atoms with E-state index in [2.05, 4.69) is 22.4 Å². The van der Waals surface area contributed by atoms with Crippen LogP contribution in [0.3, 0.4) is 0 Å². The van der Waals surface area contributed by atoms with Gasteiger partial charge in [-0.15, -0.1) is 6.58 Å². The molecule has 0 fully saturated rings. The Balaban J connectivity index is 1.56. The van der Waals surface area contributed by atoms with Gasteiger partial charge in [-0.2, -0.15) is 0 Å². The van der Waals surface area contributed by atoms with Crippen LogP contribution in [0.15, 0.2) is 76.9 Å². The van der Waals surface area contributed by atoms with Crippen LogP contribution in [-0.2, 0) is 12.3 Å². The molecule has 2 heterocycles. The molecule has 4 aromatic rings. The fraction of sp³-hybridized carbons (Fsp3) is 0.143. The number of nitrogens with zero attached hydrogens (tertiary/aromatic N) is 3. The summed E-state index contributed by atoms with van der Waals surface area (Å²) in [5.74, 6) is 2.21. The molecule has 0 aliphatic carbocycles. The van der Waals surface area contributed by atoms with Crippen molar-refractivity contribution in [3.05, 3.63) is 73.0 Å². The van der Waals surface area contributed by atoms with Gasteiger partial charge < -0.3 is 13.8 Å². The van der Waals surface area contributed by atoms with Crippen molar-refractivity contribution in [2.24, 2.45) is 0 Å². The molecule has 0 amide bonds. The largest absolute Gasteiger partial charge is 0.496 e. The molecule has 0 saturated heterocycles. The quantitative estimate of drug-likeness (QED) is 0.328. The highest BCUT2D eigenvalue weighted by Crippen LogP contribution is 2.31. The zero-order chi connectivity index (χ0) is 18.6. The molecular weight excluding hydrogens is 358 g/mol. The minimum absolute atomic E-state index is 0.641. The number of methoxy groups -OCH3 is 1. The van der Waals surface area contributed by atoms with Crippen molar-refractivity contribution in [3.8, 4) is 17.0 Å². The third kappa shape index (κ3) is 3.48. The summed E-state index contributed by atoms with van der Waals surface area (Å²) < 4.78 is 13.1. The molecular formula is C21H19N3O2S. The van der Waals surface area contributed by atoms with Crippen LogP contribution in [0.5, 0.6) is 5.75 Å². The molecule has 0 N–H and O–H groups in total. The number of hydrogen-bond donors (Lipinski definition) is 0. The molecule has 0 aliphatic rings. The van der Waals surface area contributed by atoms with Gasteiger partial charge in [0.2, 0.25) is 0 Å². The van der Waals surface area contributed by atoms with E-state index in [-0.39, 0.29) is 0 Å². The molecule has 0 bridgehead atoms. The highest BCUT2D eigenvalue weighted by atomic mass is 32.2. The molecule has 27 heavy (non-hydrogen) atoms. The van der Waals surface area contributed by atoms with Crippen molar-refractivity contribution in [1.82, 2.24) is 14.7 Å². The Labute approximate surface area is 161 Å². The second-order valence-electron chi connectivity index (χ2n) is 5.95. The first-order valence-electron chi connectivity index (χ1n) is 8.58. The van der Waals surface area contributed by atoms with Gasteiger partial charge in [0.05, 0.1) is 23.9 Å². The molecule has 4 rings (SSSR count). The summed E-state index contributed by atoms with van der Waals surface area (Å²) in [6.45, 7) is 4.57. The summed E-state index contributed by atoms with van der Waals surface area (Å²) in [7, 11) is 1.65. The maximum absolute atomic E-state index is 5.53. The lowest BCUT2D eigenvalue weighted by molar-refractivity contribution is 0.395. The lowest BCUT2D eigenvalue weighted by Gasteiger charge is -2.04. The van der Waals surface area contributed by atoms with Crippen LogP contribution in [0.1, 0.15) is 5.76 Å². The molecule has 0 saturated carbocycles. The van der Waals surface area contributed by atoms with Crippen molar-refractivity contribution < 1.29 is 9.26 Å². The number of thioether (sulfide) groups is 1. The van der Waals surface area contributed by atoms with Gasteiger partial charge in [0.25, 0.3) is 0 Å².